The van der Waals surface area contributed by atoms with Gasteiger partial charge < -0.3 is 124 Å². The van der Waals surface area contributed by atoms with Crippen molar-refractivity contribution in [3.05, 3.63) is 12.2 Å². The smallest absolute Gasteiger partial charge is 0.314 e. The Balaban J connectivity index is 0.968. The zero-order valence-corrected chi connectivity index (χ0v) is 44.4. The molecular formula is C52H84O26. The van der Waals surface area contributed by atoms with E-state index < -0.39 is 214 Å². The molecule has 78 heavy (non-hydrogen) atoms. The maximum atomic E-state index is 15.0. The number of ether oxygens (including phenoxy) is 10. The largest absolute Gasteiger partial charge is 0.432 e. The van der Waals surface area contributed by atoms with Crippen molar-refractivity contribution < 1.29 is 129 Å². The Hall–Kier alpha value is -1.75. The number of hydrogen-bond donors (Lipinski definition) is 15. The van der Waals surface area contributed by atoms with Gasteiger partial charge in [-0.3, -0.25) is 4.79 Å². The average molecular weight is 1130 g/mol. The van der Waals surface area contributed by atoms with Crippen molar-refractivity contribution >= 4 is 5.97 Å². The molecular weight excluding hydrogens is 1040 g/mol. The molecule has 9 rings (SSSR count). The van der Waals surface area contributed by atoms with Crippen LogP contribution in [0.25, 0.3) is 0 Å². The van der Waals surface area contributed by atoms with Gasteiger partial charge in [0, 0.05) is 11.8 Å². The lowest BCUT2D eigenvalue weighted by atomic mass is 9.41. The predicted octanol–water partition coefficient (Wildman–Crippen LogP) is -4.74. The number of esters is 1. The summed E-state index contributed by atoms with van der Waals surface area (Å²) in [6.07, 6.45) is -31.8. The summed E-state index contributed by atoms with van der Waals surface area (Å²) in [5.41, 5.74) is -2.46. The highest BCUT2D eigenvalue weighted by Crippen LogP contribution is 2.74. The molecule has 5 saturated heterocycles. The van der Waals surface area contributed by atoms with Crippen LogP contribution in [0.15, 0.2) is 12.2 Å². The molecule has 31 atom stereocenters. The molecule has 448 valence electrons. The molecule has 0 amide bonds. The van der Waals surface area contributed by atoms with E-state index in [1.165, 1.54) is 0 Å². The highest BCUT2D eigenvalue weighted by atomic mass is 16.8. The molecule has 26 nitrogen and oxygen atoms in total. The number of rotatable bonds is 15. The molecule has 0 radical (unpaired) electrons. The SMILES string of the molecule is C=C1C[C@@]23CC[C@@H]4C(C)(C(=O)OC5O[C@H](CO)[C@@H](O)[C@H](C)[C@H]5OC5O[C@H](CO)[C@@H](O)[C@H](O)[C@H]5O)CCC[C@@]4(C)[C@@H]2CCC1(O[C@@H]1O[C@H](CO)[C@@H](O)C(O[C@@H]2O[C@H](CO)[C@@H](O)[C@H](O)[C@H]2O)[C@H]1O[C@@H]1O[C@H](CO)[C@@H](C)[C@H](O)[C@H]1O)C3. The second-order valence-electron chi connectivity index (χ2n) is 24.4. The minimum absolute atomic E-state index is 0.00688. The molecule has 9 fully saturated rings. The number of hydrogen-bond acceptors (Lipinski definition) is 26. The monoisotopic (exact) mass is 1120 g/mol. The summed E-state index contributed by atoms with van der Waals surface area (Å²) in [7, 11) is 0. The lowest BCUT2D eigenvalue weighted by molar-refractivity contribution is -0.398. The molecule has 9 aliphatic rings. The van der Waals surface area contributed by atoms with E-state index in [2.05, 4.69) is 13.5 Å². The van der Waals surface area contributed by atoms with E-state index in [-0.39, 0.29) is 11.8 Å². The molecule has 1 spiro atoms. The fourth-order valence-electron chi connectivity index (χ4n) is 15.4. The Kier molecular flexibility index (Phi) is 18.2. The maximum Gasteiger partial charge on any atom is 0.314 e. The van der Waals surface area contributed by atoms with Crippen molar-refractivity contribution in [1.29, 1.82) is 0 Å². The Bertz CT molecular complexity index is 2070. The summed E-state index contributed by atoms with van der Waals surface area (Å²) in [6.45, 7) is 8.20. The van der Waals surface area contributed by atoms with E-state index in [4.69, 9.17) is 47.4 Å². The van der Waals surface area contributed by atoms with Crippen molar-refractivity contribution in [3.63, 3.8) is 0 Å². The third-order valence-electron chi connectivity index (χ3n) is 20.0. The minimum Gasteiger partial charge on any atom is -0.432 e. The summed E-state index contributed by atoms with van der Waals surface area (Å²) in [5.74, 6) is -2.53. The van der Waals surface area contributed by atoms with Crippen LogP contribution in [0, 0.1) is 39.9 Å². The van der Waals surface area contributed by atoms with Gasteiger partial charge >= 0.3 is 5.97 Å². The molecule has 4 aliphatic carbocycles. The van der Waals surface area contributed by atoms with Gasteiger partial charge in [0.25, 0.3) is 0 Å². The second-order valence-corrected chi connectivity index (χ2v) is 24.4. The van der Waals surface area contributed by atoms with E-state index in [0.717, 1.165) is 6.42 Å². The number of aliphatic hydroxyl groups excluding tert-OH is 15. The van der Waals surface area contributed by atoms with Gasteiger partial charge in [0.15, 0.2) is 25.2 Å². The van der Waals surface area contributed by atoms with E-state index in [1.807, 2.05) is 6.92 Å². The van der Waals surface area contributed by atoms with Crippen molar-refractivity contribution in [3.8, 4) is 0 Å². The van der Waals surface area contributed by atoms with E-state index in [0.29, 0.717) is 56.9 Å². The number of fused-ring (bicyclic) bond motifs is 3. The van der Waals surface area contributed by atoms with Gasteiger partial charge in [-0.05, 0) is 86.5 Å². The zero-order chi connectivity index (χ0) is 56.7. The molecule has 26 heteroatoms. The summed E-state index contributed by atoms with van der Waals surface area (Å²) in [5, 5.41) is 160. The number of carbonyl (C=O) groups excluding carboxylic acids is 1. The molecule has 5 unspecified atom stereocenters. The molecule has 5 heterocycles. The first-order valence-electron chi connectivity index (χ1n) is 27.5. The van der Waals surface area contributed by atoms with Crippen molar-refractivity contribution in [2.75, 3.05) is 33.0 Å². The van der Waals surface area contributed by atoms with E-state index >= 15 is 0 Å². The van der Waals surface area contributed by atoms with E-state index in [9.17, 15) is 81.4 Å². The van der Waals surface area contributed by atoms with Crippen LogP contribution in [0.3, 0.4) is 0 Å². The van der Waals surface area contributed by atoms with Gasteiger partial charge in [0.2, 0.25) is 6.29 Å². The molecule has 15 N–H and O–H groups in total. The molecule has 0 aromatic rings. The average Bonchev–Trinajstić information content (AvgIpc) is 3.61. The Morgan fingerprint density at radius 2 is 0.987 bits per heavy atom. The summed E-state index contributed by atoms with van der Waals surface area (Å²) >= 11 is 0. The molecule has 0 aromatic heterocycles. The summed E-state index contributed by atoms with van der Waals surface area (Å²) in [4.78, 5) is 15.0. The van der Waals surface area contributed by atoms with Crippen LogP contribution in [0.5, 0.6) is 0 Å². The maximum absolute atomic E-state index is 15.0. The van der Waals surface area contributed by atoms with Crippen LogP contribution in [0.4, 0.5) is 0 Å². The minimum atomic E-state index is -1.94. The van der Waals surface area contributed by atoms with Gasteiger partial charge in [0.05, 0.1) is 62.4 Å². The first kappa shape index (κ1) is 60.8. The quantitative estimate of drug-likeness (QED) is 0.0416. The standard InChI is InChI=1S/C52H84O26/c1-20-13-51-11-7-28-49(4,9-6-10-50(28,5)48(68)77-46-40(22(3)30(58)24(15-54)72-46)74-44-38(66)35(63)32(60)25(16-55)70-44)29(51)8-12-52(20,19-51)78-47-42(76-43-37(65)31(59)21(2)23(14-53)69-43)41(34(62)27(18-57)73-47)75-45-39(67)36(64)33(61)26(17-56)71-45/h21-47,53-67H,1,6-19H2,2-5H3/t21-,22+,23-,24-,25-,26-,27-,28+,29+,30+,31+,32-,33-,34-,35+,36+,37-,38-,39-,40-,41?,42-,43+,44?,45+,46?,47+,49-,50?,51-,52?/m1/s1. The van der Waals surface area contributed by atoms with Crippen molar-refractivity contribution in [2.45, 2.75) is 232 Å². The second kappa shape index (κ2) is 23.4. The van der Waals surface area contributed by atoms with Gasteiger partial charge in [0.1, 0.15) is 91.6 Å². The topological polar surface area (TPSA) is 413 Å². The zero-order valence-electron chi connectivity index (χ0n) is 44.4. The predicted molar refractivity (Wildman–Crippen MR) is 258 cm³/mol. The Labute approximate surface area is 451 Å². The summed E-state index contributed by atoms with van der Waals surface area (Å²) < 4.78 is 61.6. The van der Waals surface area contributed by atoms with E-state index in [1.54, 1.807) is 13.8 Å². The lowest BCUT2D eigenvalue weighted by Crippen LogP contribution is -2.67. The third kappa shape index (κ3) is 10.3. The van der Waals surface area contributed by atoms with Crippen LogP contribution in [-0.4, -0.2) is 263 Å². The number of carbonyl (C=O) groups is 1. The Morgan fingerprint density at radius 1 is 0.513 bits per heavy atom. The number of aliphatic hydroxyl groups is 15. The molecule has 5 aliphatic heterocycles. The first-order valence-corrected chi connectivity index (χ1v) is 27.5. The van der Waals surface area contributed by atoms with Gasteiger partial charge in [-0.2, -0.15) is 0 Å². The first-order chi connectivity index (χ1) is 36.9. The normalized spacial score (nSPS) is 54.5. The van der Waals surface area contributed by atoms with Gasteiger partial charge in [-0.1, -0.05) is 33.8 Å². The third-order valence-corrected chi connectivity index (χ3v) is 20.0. The van der Waals surface area contributed by atoms with Crippen LogP contribution in [0.2, 0.25) is 0 Å². The van der Waals surface area contributed by atoms with Crippen LogP contribution < -0.4 is 0 Å². The van der Waals surface area contributed by atoms with Crippen molar-refractivity contribution in [1.82, 2.24) is 0 Å². The molecule has 0 aromatic carbocycles. The van der Waals surface area contributed by atoms with Gasteiger partial charge in [-0.15, -0.1) is 0 Å². The van der Waals surface area contributed by atoms with Gasteiger partial charge in [-0.25, -0.2) is 0 Å². The summed E-state index contributed by atoms with van der Waals surface area (Å²) in [6, 6.07) is 0. The molecule has 4 saturated carbocycles. The highest BCUT2D eigenvalue weighted by Gasteiger charge is 2.70. The molecule has 2 bridgehead atoms. The Morgan fingerprint density at radius 3 is 1.56 bits per heavy atom. The van der Waals surface area contributed by atoms with Crippen LogP contribution >= 0.6 is 0 Å². The fraction of sp³-hybridized carbons (Fsp3) is 0.942. The highest BCUT2D eigenvalue weighted by molar-refractivity contribution is 5.77. The van der Waals surface area contributed by atoms with Crippen LogP contribution in [0.1, 0.15) is 85.5 Å². The van der Waals surface area contributed by atoms with Crippen molar-refractivity contribution in [2.24, 2.45) is 39.9 Å². The lowest BCUT2D eigenvalue weighted by Gasteiger charge is -2.64. The van der Waals surface area contributed by atoms with Crippen LogP contribution in [-0.2, 0) is 52.2 Å². The fourth-order valence-corrected chi connectivity index (χ4v) is 15.4.